The molecule has 0 unspecified atom stereocenters. The summed E-state index contributed by atoms with van der Waals surface area (Å²) in [4.78, 5) is 21.3. The molecule has 4 heterocycles. The number of piperazine rings is 1. The Labute approximate surface area is 160 Å². The fraction of sp³-hybridized carbons (Fsp3) is 0.550. The zero-order valence-corrected chi connectivity index (χ0v) is 15.8. The van der Waals surface area contributed by atoms with E-state index in [1.807, 2.05) is 28.0 Å². The van der Waals surface area contributed by atoms with Gasteiger partial charge in [-0.05, 0) is 37.1 Å². The molecule has 2 saturated heterocycles. The van der Waals surface area contributed by atoms with Gasteiger partial charge in [-0.2, -0.15) is 5.10 Å². The maximum atomic E-state index is 12.8. The molecule has 144 valence electrons. The van der Waals surface area contributed by atoms with E-state index >= 15 is 0 Å². The molecule has 0 bridgehead atoms. The van der Waals surface area contributed by atoms with Gasteiger partial charge in [0.1, 0.15) is 6.54 Å². The first-order valence-electron chi connectivity index (χ1n) is 9.91. The van der Waals surface area contributed by atoms with Crippen LogP contribution in [0.25, 0.3) is 0 Å². The van der Waals surface area contributed by atoms with Gasteiger partial charge >= 0.3 is 0 Å². The van der Waals surface area contributed by atoms with E-state index in [0.717, 1.165) is 45.8 Å². The molecule has 1 N–H and O–H groups in total. The molecule has 4 rings (SSSR count). The van der Waals surface area contributed by atoms with Gasteiger partial charge in [0.25, 0.3) is 0 Å². The minimum absolute atomic E-state index is 0.171. The minimum atomic E-state index is 0.171. The lowest BCUT2D eigenvalue weighted by molar-refractivity contribution is -0.133. The molecule has 0 radical (unpaired) electrons. The lowest BCUT2D eigenvalue weighted by atomic mass is 9.96. The number of hydrogen-bond donors (Lipinski definition) is 1. The van der Waals surface area contributed by atoms with E-state index in [4.69, 9.17) is 0 Å². The fourth-order valence-corrected chi connectivity index (χ4v) is 4.06. The first-order chi connectivity index (χ1) is 13.3. The number of carbonyl (C=O) groups excluding carboxylic acids is 1. The van der Waals surface area contributed by atoms with Gasteiger partial charge in [-0.1, -0.05) is 6.07 Å². The number of carbonyl (C=O) groups is 1. The Morgan fingerprint density at radius 3 is 2.81 bits per heavy atom. The Morgan fingerprint density at radius 1 is 1.19 bits per heavy atom. The van der Waals surface area contributed by atoms with Crippen LogP contribution < -0.4 is 5.32 Å². The Balaban J connectivity index is 1.29. The van der Waals surface area contributed by atoms with Crippen molar-refractivity contribution in [1.29, 1.82) is 0 Å². The van der Waals surface area contributed by atoms with Crippen LogP contribution in [0.1, 0.15) is 30.0 Å². The summed E-state index contributed by atoms with van der Waals surface area (Å²) in [5.41, 5.74) is 2.41. The third-order valence-corrected chi connectivity index (χ3v) is 5.60. The van der Waals surface area contributed by atoms with Crippen molar-refractivity contribution in [3.63, 3.8) is 0 Å². The standard InChI is InChI=1S/C20H28N6O/c27-20(16-26-19(5-8-23-26)18-4-2-7-22-14-18)25-11-9-24(10-12-25)15-17-3-1-6-21-13-17/h1,3,5-6,8,13,18,22H,2,4,7,9-12,14-16H2/t18-/m1/s1. The van der Waals surface area contributed by atoms with Gasteiger partial charge in [-0.15, -0.1) is 0 Å². The Hall–Kier alpha value is -2.25. The number of nitrogens with one attached hydrogen (secondary N) is 1. The van der Waals surface area contributed by atoms with Crippen molar-refractivity contribution in [2.24, 2.45) is 0 Å². The second kappa shape index (κ2) is 8.63. The highest BCUT2D eigenvalue weighted by atomic mass is 16.2. The molecular formula is C20H28N6O. The van der Waals surface area contributed by atoms with Crippen molar-refractivity contribution in [2.45, 2.75) is 31.8 Å². The van der Waals surface area contributed by atoms with Gasteiger partial charge < -0.3 is 10.2 Å². The summed E-state index contributed by atoms with van der Waals surface area (Å²) in [6, 6.07) is 6.14. The van der Waals surface area contributed by atoms with Crippen LogP contribution in [-0.4, -0.2) is 69.7 Å². The van der Waals surface area contributed by atoms with Crippen LogP contribution in [0.15, 0.2) is 36.8 Å². The van der Waals surface area contributed by atoms with E-state index in [-0.39, 0.29) is 5.91 Å². The highest BCUT2D eigenvalue weighted by Crippen LogP contribution is 2.23. The monoisotopic (exact) mass is 368 g/mol. The molecule has 2 aromatic rings. The second-order valence-electron chi connectivity index (χ2n) is 7.48. The Morgan fingerprint density at radius 2 is 2.07 bits per heavy atom. The predicted molar refractivity (Wildman–Crippen MR) is 103 cm³/mol. The van der Waals surface area contributed by atoms with Crippen molar-refractivity contribution >= 4 is 5.91 Å². The minimum Gasteiger partial charge on any atom is -0.339 e. The van der Waals surface area contributed by atoms with Crippen LogP contribution in [0.4, 0.5) is 0 Å². The summed E-state index contributed by atoms with van der Waals surface area (Å²) in [5, 5.41) is 7.87. The summed E-state index contributed by atoms with van der Waals surface area (Å²) in [6.07, 6.45) is 7.88. The number of nitrogens with zero attached hydrogens (tertiary/aromatic N) is 5. The summed E-state index contributed by atoms with van der Waals surface area (Å²) in [6.45, 7) is 6.68. The number of hydrogen-bond acceptors (Lipinski definition) is 5. The molecule has 2 aromatic heterocycles. The topological polar surface area (TPSA) is 66.3 Å². The van der Waals surface area contributed by atoms with Crippen molar-refractivity contribution in [1.82, 2.24) is 29.9 Å². The zero-order valence-electron chi connectivity index (χ0n) is 15.8. The number of amides is 1. The van der Waals surface area contributed by atoms with Crippen molar-refractivity contribution in [2.75, 3.05) is 39.3 Å². The molecule has 2 aliphatic rings. The third kappa shape index (κ3) is 4.54. The lowest BCUT2D eigenvalue weighted by Crippen LogP contribution is -2.49. The van der Waals surface area contributed by atoms with E-state index in [0.29, 0.717) is 12.5 Å². The van der Waals surface area contributed by atoms with Gasteiger partial charge in [0.2, 0.25) is 5.91 Å². The SMILES string of the molecule is O=C(Cn1nccc1[C@@H]1CCCNC1)N1CCN(Cc2cccnc2)CC1. The molecule has 0 saturated carbocycles. The van der Waals surface area contributed by atoms with Crippen molar-refractivity contribution in [3.8, 4) is 0 Å². The molecular weight excluding hydrogens is 340 g/mol. The third-order valence-electron chi connectivity index (χ3n) is 5.60. The smallest absolute Gasteiger partial charge is 0.244 e. The number of rotatable bonds is 5. The fourth-order valence-electron chi connectivity index (χ4n) is 4.06. The second-order valence-corrected chi connectivity index (χ2v) is 7.48. The molecule has 7 heteroatoms. The number of piperidine rings is 1. The Kier molecular flexibility index (Phi) is 5.79. The van der Waals surface area contributed by atoms with Crippen molar-refractivity contribution < 1.29 is 4.79 Å². The molecule has 1 amide bonds. The van der Waals surface area contributed by atoms with Crippen LogP contribution in [0.5, 0.6) is 0 Å². The number of pyridine rings is 1. The molecule has 0 spiro atoms. The normalized spacial score (nSPS) is 21.3. The molecule has 0 aliphatic carbocycles. The van der Waals surface area contributed by atoms with E-state index in [9.17, 15) is 4.79 Å². The highest BCUT2D eigenvalue weighted by Gasteiger charge is 2.24. The summed E-state index contributed by atoms with van der Waals surface area (Å²) in [7, 11) is 0. The summed E-state index contributed by atoms with van der Waals surface area (Å²) in [5.74, 6) is 0.634. The zero-order chi connectivity index (χ0) is 18.5. The maximum Gasteiger partial charge on any atom is 0.244 e. The maximum absolute atomic E-state index is 12.8. The van der Waals surface area contributed by atoms with E-state index < -0.39 is 0 Å². The molecule has 2 aliphatic heterocycles. The molecule has 27 heavy (non-hydrogen) atoms. The number of aromatic nitrogens is 3. The van der Waals surface area contributed by atoms with Gasteiger partial charge in [0.15, 0.2) is 0 Å². The predicted octanol–water partition coefficient (Wildman–Crippen LogP) is 1.09. The molecule has 1 atom stereocenters. The van der Waals surface area contributed by atoms with E-state index in [1.165, 1.54) is 24.1 Å². The van der Waals surface area contributed by atoms with Crippen LogP contribution in [0, 0.1) is 0 Å². The van der Waals surface area contributed by atoms with E-state index in [2.05, 4.69) is 32.4 Å². The lowest BCUT2D eigenvalue weighted by Gasteiger charge is -2.35. The van der Waals surface area contributed by atoms with Crippen LogP contribution in [0.2, 0.25) is 0 Å². The van der Waals surface area contributed by atoms with E-state index in [1.54, 1.807) is 6.20 Å². The molecule has 7 nitrogen and oxygen atoms in total. The highest BCUT2D eigenvalue weighted by molar-refractivity contribution is 5.76. The average Bonchev–Trinajstić information content (AvgIpc) is 3.18. The quantitative estimate of drug-likeness (QED) is 0.856. The molecule has 2 fully saturated rings. The summed E-state index contributed by atoms with van der Waals surface area (Å²) < 4.78 is 1.90. The Bertz CT molecular complexity index is 732. The summed E-state index contributed by atoms with van der Waals surface area (Å²) >= 11 is 0. The van der Waals surface area contributed by atoms with Crippen LogP contribution >= 0.6 is 0 Å². The average molecular weight is 368 g/mol. The van der Waals surface area contributed by atoms with Crippen LogP contribution in [-0.2, 0) is 17.9 Å². The molecule has 0 aromatic carbocycles. The van der Waals surface area contributed by atoms with Gasteiger partial charge in [-0.25, -0.2) is 0 Å². The van der Waals surface area contributed by atoms with Gasteiger partial charge in [0, 0.05) is 69.5 Å². The first-order valence-corrected chi connectivity index (χ1v) is 9.91. The van der Waals surface area contributed by atoms with Gasteiger partial charge in [-0.3, -0.25) is 19.4 Å². The largest absolute Gasteiger partial charge is 0.339 e. The van der Waals surface area contributed by atoms with Crippen molar-refractivity contribution in [3.05, 3.63) is 48.0 Å². The van der Waals surface area contributed by atoms with Gasteiger partial charge in [0.05, 0.1) is 0 Å². The van der Waals surface area contributed by atoms with Crippen LogP contribution in [0.3, 0.4) is 0 Å². The first kappa shape index (κ1) is 18.1.